The highest BCUT2D eigenvalue weighted by molar-refractivity contribution is 5.31. The van der Waals surface area contributed by atoms with Gasteiger partial charge in [0.15, 0.2) is 0 Å². The first-order chi connectivity index (χ1) is 10.1. The molecule has 0 aromatic heterocycles. The third-order valence-corrected chi connectivity index (χ3v) is 5.40. The van der Waals surface area contributed by atoms with Gasteiger partial charge in [-0.1, -0.05) is 24.3 Å². The Bertz CT molecular complexity index is 471. The van der Waals surface area contributed by atoms with E-state index in [0.29, 0.717) is 24.7 Å². The third kappa shape index (κ3) is 3.15. The van der Waals surface area contributed by atoms with Gasteiger partial charge in [-0.05, 0) is 50.8 Å². The SMILES string of the molecule is CC1CN(C(CN)c2cccc(C3CC3)c2)CC(C)N1C. The molecule has 3 unspecified atom stereocenters. The minimum Gasteiger partial charge on any atom is -0.329 e. The summed E-state index contributed by atoms with van der Waals surface area (Å²) in [6, 6.07) is 10.7. The highest BCUT2D eigenvalue weighted by Gasteiger charge is 2.31. The molecule has 1 aromatic rings. The standard InChI is InChI=1S/C18H29N3/c1-13-11-21(12-14(2)20(13)3)18(10-19)17-6-4-5-16(9-17)15-7-8-15/h4-6,9,13-15,18H,7-8,10-12,19H2,1-3H3. The number of hydrogen-bond donors (Lipinski definition) is 1. The lowest BCUT2D eigenvalue weighted by molar-refractivity contribution is 0.0352. The smallest absolute Gasteiger partial charge is 0.0471 e. The van der Waals surface area contributed by atoms with E-state index >= 15 is 0 Å². The second-order valence-electron chi connectivity index (χ2n) is 7.01. The van der Waals surface area contributed by atoms with Crippen molar-refractivity contribution in [2.75, 3.05) is 26.7 Å². The summed E-state index contributed by atoms with van der Waals surface area (Å²) in [5, 5.41) is 0. The summed E-state index contributed by atoms with van der Waals surface area (Å²) in [4.78, 5) is 5.06. The average Bonchev–Trinajstić information content (AvgIpc) is 3.30. The number of rotatable bonds is 4. The number of piperazine rings is 1. The zero-order chi connectivity index (χ0) is 15.0. The summed E-state index contributed by atoms with van der Waals surface area (Å²) in [6.45, 7) is 7.55. The quantitative estimate of drug-likeness (QED) is 0.924. The highest BCUT2D eigenvalue weighted by Crippen LogP contribution is 2.41. The van der Waals surface area contributed by atoms with Crippen LogP contribution in [-0.4, -0.2) is 48.6 Å². The van der Waals surface area contributed by atoms with Crippen LogP contribution in [0.25, 0.3) is 0 Å². The fraction of sp³-hybridized carbons (Fsp3) is 0.667. The van der Waals surface area contributed by atoms with Crippen LogP contribution >= 0.6 is 0 Å². The van der Waals surface area contributed by atoms with Gasteiger partial charge in [0.25, 0.3) is 0 Å². The van der Waals surface area contributed by atoms with E-state index in [1.165, 1.54) is 24.0 Å². The molecule has 1 saturated carbocycles. The van der Waals surface area contributed by atoms with Crippen LogP contribution in [0.4, 0.5) is 0 Å². The Balaban J connectivity index is 1.79. The van der Waals surface area contributed by atoms with Crippen molar-refractivity contribution in [3.05, 3.63) is 35.4 Å². The molecule has 1 heterocycles. The molecule has 3 heteroatoms. The maximum absolute atomic E-state index is 6.15. The Kier molecular flexibility index (Phi) is 4.34. The molecule has 1 aliphatic heterocycles. The molecule has 116 valence electrons. The summed E-state index contributed by atoms with van der Waals surface area (Å²) in [5.74, 6) is 0.814. The first-order valence-corrected chi connectivity index (χ1v) is 8.36. The minimum atomic E-state index is 0.363. The van der Waals surface area contributed by atoms with Crippen molar-refractivity contribution in [3.8, 4) is 0 Å². The lowest BCUT2D eigenvalue weighted by Crippen LogP contribution is -2.56. The molecular formula is C18H29N3. The fourth-order valence-electron chi connectivity index (χ4n) is 3.63. The molecule has 0 radical (unpaired) electrons. The van der Waals surface area contributed by atoms with Gasteiger partial charge in [0.05, 0.1) is 0 Å². The van der Waals surface area contributed by atoms with Crippen LogP contribution in [0.3, 0.4) is 0 Å². The normalized spacial score (nSPS) is 29.5. The molecule has 1 aliphatic carbocycles. The van der Waals surface area contributed by atoms with Crippen molar-refractivity contribution in [1.29, 1.82) is 0 Å². The average molecular weight is 287 g/mol. The van der Waals surface area contributed by atoms with E-state index in [1.807, 2.05) is 0 Å². The van der Waals surface area contributed by atoms with Crippen molar-refractivity contribution in [2.45, 2.75) is 50.7 Å². The zero-order valence-electron chi connectivity index (χ0n) is 13.6. The largest absolute Gasteiger partial charge is 0.329 e. The van der Waals surface area contributed by atoms with E-state index in [-0.39, 0.29) is 0 Å². The Labute approximate surface area is 129 Å². The van der Waals surface area contributed by atoms with Crippen LogP contribution in [0.1, 0.15) is 49.8 Å². The van der Waals surface area contributed by atoms with Crippen LogP contribution in [0, 0.1) is 0 Å². The summed E-state index contributed by atoms with van der Waals surface area (Å²) in [7, 11) is 2.23. The van der Waals surface area contributed by atoms with Crippen molar-refractivity contribution < 1.29 is 0 Å². The second kappa shape index (κ2) is 6.07. The molecule has 1 aromatic carbocycles. The summed E-state index contributed by atoms with van der Waals surface area (Å²) < 4.78 is 0. The molecule has 0 bridgehead atoms. The van der Waals surface area contributed by atoms with Crippen molar-refractivity contribution in [2.24, 2.45) is 5.73 Å². The van der Waals surface area contributed by atoms with Gasteiger partial charge in [-0.15, -0.1) is 0 Å². The van der Waals surface area contributed by atoms with Gasteiger partial charge in [-0.2, -0.15) is 0 Å². The van der Waals surface area contributed by atoms with Gasteiger partial charge in [0.1, 0.15) is 0 Å². The fourth-order valence-corrected chi connectivity index (χ4v) is 3.63. The van der Waals surface area contributed by atoms with Crippen molar-refractivity contribution >= 4 is 0 Å². The predicted octanol–water partition coefficient (Wildman–Crippen LogP) is 2.59. The third-order valence-electron chi connectivity index (χ3n) is 5.40. The molecule has 3 atom stereocenters. The van der Waals surface area contributed by atoms with E-state index in [2.05, 4.69) is 55.0 Å². The summed E-state index contributed by atoms with van der Waals surface area (Å²) in [6.07, 6.45) is 2.72. The lowest BCUT2D eigenvalue weighted by Gasteiger charge is -2.45. The topological polar surface area (TPSA) is 32.5 Å². The molecular weight excluding hydrogens is 258 g/mol. The van der Waals surface area contributed by atoms with E-state index in [4.69, 9.17) is 5.73 Å². The second-order valence-corrected chi connectivity index (χ2v) is 7.01. The number of likely N-dealkylation sites (N-methyl/N-ethyl adjacent to an activating group) is 1. The molecule has 3 nitrogen and oxygen atoms in total. The van der Waals surface area contributed by atoms with E-state index in [9.17, 15) is 0 Å². The van der Waals surface area contributed by atoms with Gasteiger partial charge in [-0.25, -0.2) is 0 Å². The lowest BCUT2D eigenvalue weighted by atomic mass is 9.98. The van der Waals surface area contributed by atoms with Gasteiger partial charge >= 0.3 is 0 Å². The molecule has 2 N–H and O–H groups in total. The first-order valence-electron chi connectivity index (χ1n) is 8.36. The van der Waals surface area contributed by atoms with Gasteiger partial charge < -0.3 is 5.73 Å². The molecule has 0 amide bonds. The molecule has 0 spiro atoms. The van der Waals surface area contributed by atoms with Crippen molar-refractivity contribution in [1.82, 2.24) is 9.80 Å². The Hall–Kier alpha value is -0.900. The monoisotopic (exact) mass is 287 g/mol. The number of hydrogen-bond acceptors (Lipinski definition) is 3. The molecule has 2 aliphatic rings. The van der Waals surface area contributed by atoms with Crippen LogP contribution in [0.5, 0.6) is 0 Å². The Morgan fingerprint density at radius 3 is 2.43 bits per heavy atom. The van der Waals surface area contributed by atoms with Crippen LogP contribution in [0.2, 0.25) is 0 Å². The zero-order valence-corrected chi connectivity index (χ0v) is 13.6. The van der Waals surface area contributed by atoms with Gasteiger partial charge in [0.2, 0.25) is 0 Å². The highest BCUT2D eigenvalue weighted by atomic mass is 15.3. The molecule has 3 rings (SSSR count). The van der Waals surface area contributed by atoms with Gasteiger partial charge in [0, 0.05) is 37.8 Å². The van der Waals surface area contributed by atoms with E-state index in [1.54, 1.807) is 0 Å². The Morgan fingerprint density at radius 2 is 1.86 bits per heavy atom. The maximum Gasteiger partial charge on any atom is 0.0471 e. The minimum absolute atomic E-state index is 0.363. The molecule has 21 heavy (non-hydrogen) atoms. The maximum atomic E-state index is 6.15. The van der Waals surface area contributed by atoms with E-state index in [0.717, 1.165) is 19.0 Å². The Morgan fingerprint density at radius 1 is 1.19 bits per heavy atom. The van der Waals surface area contributed by atoms with E-state index < -0.39 is 0 Å². The van der Waals surface area contributed by atoms with Crippen LogP contribution in [-0.2, 0) is 0 Å². The van der Waals surface area contributed by atoms with Crippen LogP contribution in [0.15, 0.2) is 24.3 Å². The summed E-state index contributed by atoms with van der Waals surface area (Å²) >= 11 is 0. The first kappa shape index (κ1) is 15.0. The van der Waals surface area contributed by atoms with Crippen molar-refractivity contribution in [3.63, 3.8) is 0 Å². The number of nitrogens with two attached hydrogens (primary N) is 1. The molecule has 2 fully saturated rings. The van der Waals surface area contributed by atoms with Crippen LogP contribution < -0.4 is 5.73 Å². The number of benzene rings is 1. The van der Waals surface area contributed by atoms with Gasteiger partial charge in [-0.3, -0.25) is 9.80 Å². The predicted molar refractivity (Wildman–Crippen MR) is 88.5 cm³/mol. The molecule has 1 saturated heterocycles. The number of nitrogens with zero attached hydrogens (tertiary/aromatic N) is 2. The summed E-state index contributed by atoms with van der Waals surface area (Å²) in [5.41, 5.74) is 9.07.